The molecule has 1 heteroatoms. The summed E-state index contributed by atoms with van der Waals surface area (Å²) >= 11 is 0. The number of nitrogens with two attached hydrogens (primary N) is 1. The Labute approximate surface area is 38.1 Å². The maximum Gasteiger partial charge on any atom is 0.0885 e. The summed E-state index contributed by atoms with van der Waals surface area (Å²) < 4.78 is 0. The molecule has 0 atom stereocenters. The zero-order valence-electron chi connectivity index (χ0n) is 3.85. The molecule has 1 rings (SSSR count). The Hall–Kier alpha value is -0.300. The van der Waals surface area contributed by atoms with Crippen molar-refractivity contribution in [2.24, 2.45) is 0 Å². The lowest BCUT2D eigenvalue weighted by Crippen LogP contribution is -2.78. The van der Waals surface area contributed by atoms with E-state index in [0.717, 1.165) is 0 Å². The largest absolute Gasteiger partial charge is 0.320 e. The molecule has 0 bridgehead atoms. The maximum absolute atomic E-state index is 2.21. The van der Waals surface area contributed by atoms with Crippen molar-refractivity contribution in [3.05, 3.63) is 12.3 Å². The smallest absolute Gasteiger partial charge is 0.0885 e. The van der Waals surface area contributed by atoms with E-state index >= 15 is 0 Å². The Balaban J connectivity index is 2.26. The first-order valence-electron chi connectivity index (χ1n) is 2.48. The number of hydrogen-bond donors (Lipinski definition) is 1. The molecule has 1 heterocycles. The van der Waals surface area contributed by atoms with Crippen LogP contribution >= 0.6 is 0 Å². The molecule has 1 aliphatic rings. The quantitative estimate of drug-likeness (QED) is 0.420. The monoisotopic (exact) mass is 84.1 g/mol. The van der Waals surface area contributed by atoms with Gasteiger partial charge < -0.3 is 5.32 Å². The Bertz CT molecular complexity index is 49.0. The number of rotatable bonds is 0. The van der Waals surface area contributed by atoms with Gasteiger partial charge in [0.25, 0.3) is 0 Å². The predicted molar refractivity (Wildman–Crippen MR) is 25.2 cm³/mol. The Morgan fingerprint density at radius 2 is 2.50 bits per heavy atom. The Morgan fingerprint density at radius 3 is 2.67 bits per heavy atom. The summed E-state index contributed by atoms with van der Waals surface area (Å²) in [6.45, 7) is 1.29. The van der Waals surface area contributed by atoms with Crippen LogP contribution in [0.25, 0.3) is 0 Å². The van der Waals surface area contributed by atoms with E-state index in [0.29, 0.717) is 0 Å². The third-order valence-electron chi connectivity index (χ3n) is 1.01. The van der Waals surface area contributed by atoms with Gasteiger partial charge in [0.15, 0.2) is 0 Å². The van der Waals surface area contributed by atoms with Gasteiger partial charge in [0, 0.05) is 6.42 Å². The van der Waals surface area contributed by atoms with Crippen LogP contribution in [-0.2, 0) is 0 Å². The number of hydrogen-bond acceptors (Lipinski definition) is 0. The van der Waals surface area contributed by atoms with Crippen molar-refractivity contribution in [2.45, 2.75) is 12.8 Å². The molecule has 0 radical (unpaired) electrons. The molecule has 2 N–H and O–H groups in total. The summed E-state index contributed by atoms with van der Waals surface area (Å²) in [6.07, 6.45) is 7.00. The van der Waals surface area contributed by atoms with E-state index in [9.17, 15) is 0 Å². The molecule has 34 valence electrons. The van der Waals surface area contributed by atoms with Crippen LogP contribution in [0.3, 0.4) is 0 Å². The summed E-state index contributed by atoms with van der Waals surface area (Å²) in [7, 11) is 0. The van der Waals surface area contributed by atoms with Gasteiger partial charge >= 0.3 is 0 Å². The summed E-state index contributed by atoms with van der Waals surface area (Å²) in [5, 5.41) is 2.21. The highest BCUT2D eigenvalue weighted by molar-refractivity contribution is 4.72. The van der Waals surface area contributed by atoms with E-state index in [2.05, 4.69) is 17.6 Å². The molecule has 1 nitrogen and oxygen atoms in total. The summed E-state index contributed by atoms with van der Waals surface area (Å²) in [5.74, 6) is 0. The topological polar surface area (TPSA) is 16.6 Å². The van der Waals surface area contributed by atoms with Gasteiger partial charge in [-0.15, -0.1) is 0 Å². The van der Waals surface area contributed by atoms with Crippen molar-refractivity contribution >= 4 is 0 Å². The molecule has 0 spiro atoms. The van der Waals surface area contributed by atoms with Crippen LogP contribution in [0.5, 0.6) is 0 Å². The molecular weight excluding hydrogens is 74.1 g/mol. The molecule has 0 saturated heterocycles. The van der Waals surface area contributed by atoms with Crippen LogP contribution in [0.2, 0.25) is 0 Å². The number of quaternary nitrogens is 1. The second kappa shape index (κ2) is 1.98. The second-order valence-electron chi connectivity index (χ2n) is 1.59. The van der Waals surface area contributed by atoms with Crippen molar-refractivity contribution in [2.75, 3.05) is 6.54 Å². The lowest BCUT2D eigenvalue weighted by molar-refractivity contribution is -0.591. The van der Waals surface area contributed by atoms with Crippen LogP contribution in [-0.4, -0.2) is 6.54 Å². The Morgan fingerprint density at radius 1 is 1.50 bits per heavy atom. The molecule has 0 aliphatic carbocycles. The fraction of sp³-hybridized carbons (Fsp3) is 0.600. The van der Waals surface area contributed by atoms with Crippen molar-refractivity contribution in [1.82, 2.24) is 0 Å². The van der Waals surface area contributed by atoms with E-state index in [-0.39, 0.29) is 0 Å². The average Bonchev–Trinajstić information content (AvgIpc) is 1.72. The molecule has 0 aromatic carbocycles. The van der Waals surface area contributed by atoms with Crippen molar-refractivity contribution in [3.63, 3.8) is 0 Å². The SMILES string of the molecule is C1=C[NH2+]CCC1. The van der Waals surface area contributed by atoms with Crippen LogP contribution in [0.1, 0.15) is 12.8 Å². The van der Waals surface area contributed by atoms with Crippen LogP contribution in [0, 0.1) is 0 Å². The van der Waals surface area contributed by atoms with Gasteiger partial charge in [-0.1, -0.05) is 0 Å². The summed E-state index contributed by atoms with van der Waals surface area (Å²) in [6, 6.07) is 0. The van der Waals surface area contributed by atoms with Gasteiger partial charge in [0.1, 0.15) is 0 Å². The first-order chi connectivity index (χ1) is 3.00. The molecule has 0 unspecified atom stereocenters. The zero-order valence-corrected chi connectivity index (χ0v) is 3.85. The molecule has 0 fully saturated rings. The molecule has 6 heavy (non-hydrogen) atoms. The zero-order chi connectivity index (χ0) is 4.24. The van der Waals surface area contributed by atoms with E-state index in [4.69, 9.17) is 0 Å². The average molecular weight is 84.1 g/mol. The summed E-state index contributed by atoms with van der Waals surface area (Å²) in [5.41, 5.74) is 0. The molecule has 0 aromatic heterocycles. The molecule has 0 amide bonds. The van der Waals surface area contributed by atoms with Crippen molar-refractivity contribution in [3.8, 4) is 0 Å². The van der Waals surface area contributed by atoms with Crippen molar-refractivity contribution in [1.29, 1.82) is 0 Å². The van der Waals surface area contributed by atoms with Crippen LogP contribution < -0.4 is 5.32 Å². The molecule has 1 aliphatic heterocycles. The highest BCUT2D eigenvalue weighted by Crippen LogP contribution is 1.86. The highest BCUT2D eigenvalue weighted by atomic mass is 14.8. The lowest BCUT2D eigenvalue weighted by Gasteiger charge is -1.96. The highest BCUT2D eigenvalue weighted by Gasteiger charge is 1.89. The van der Waals surface area contributed by atoms with E-state index in [1.165, 1.54) is 19.4 Å². The fourth-order valence-electron chi connectivity index (χ4n) is 0.642. The van der Waals surface area contributed by atoms with Gasteiger partial charge in [0.2, 0.25) is 0 Å². The minimum atomic E-state index is 1.29. The van der Waals surface area contributed by atoms with E-state index in [1.54, 1.807) is 0 Å². The minimum Gasteiger partial charge on any atom is -0.320 e. The van der Waals surface area contributed by atoms with Crippen LogP contribution in [0.15, 0.2) is 12.3 Å². The third kappa shape index (κ3) is 0.830. The van der Waals surface area contributed by atoms with Gasteiger partial charge in [-0.2, -0.15) is 0 Å². The standard InChI is InChI=1S/C5H9N/c1-2-4-6-5-3-1/h2,4,6H,1,3,5H2/p+1. The fourth-order valence-corrected chi connectivity index (χ4v) is 0.642. The molecule has 0 saturated carbocycles. The van der Waals surface area contributed by atoms with Gasteiger partial charge in [-0.05, 0) is 12.5 Å². The minimum absolute atomic E-state index is 1.29. The Kier molecular flexibility index (Phi) is 1.28. The molecule has 0 aromatic rings. The third-order valence-corrected chi connectivity index (χ3v) is 1.01. The van der Waals surface area contributed by atoms with Gasteiger partial charge in [0.05, 0.1) is 12.7 Å². The van der Waals surface area contributed by atoms with Gasteiger partial charge in [-0.3, -0.25) is 0 Å². The van der Waals surface area contributed by atoms with Crippen LogP contribution in [0.4, 0.5) is 0 Å². The predicted octanol–water partition coefficient (Wildman–Crippen LogP) is -0.143. The lowest BCUT2D eigenvalue weighted by atomic mass is 10.2. The first kappa shape index (κ1) is 3.88. The summed E-state index contributed by atoms with van der Waals surface area (Å²) in [4.78, 5) is 0. The number of allylic oxidation sites excluding steroid dienone is 1. The van der Waals surface area contributed by atoms with E-state index in [1.807, 2.05) is 0 Å². The maximum atomic E-state index is 2.21. The van der Waals surface area contributed by atoms with Crippen molar-refractivity contribution < 1.29 is 5.32 Å². The second-order valence-corrected chi connectivity index (χ2v) is 1.59. The van der Waals surface area contributed by atoms with E-state index < -0.39 is 0 Å². The first-order valence-corrected chi connectivity index (χ1v) is 2.48. The van der Waals surface area contributed by atoms with Gasteiger partial charge in [-0.25, -0.2) is 0 Å². The normalized spacial score (nSPS) is 21.3. The molecular formula is C5H10N+.